The van der Waals surface area contributed by atoms with E-state index in [-0.39, 0.29) is 0 Å². The summed E-state index contributed by atoms with van der Waals surface area (Å²) in [7, 11) is -3.03. The van der Waals surface area contributed by atoms with Crippen LogP contribution in [0.25, 0.3) is 0 Å². The average Bonchev–Trinajstić information content (AvgIpc) is 2.17. The molecule has 0 radical (unpaired) electrons. The Morgan fingerprint density at radius 1 is 1.40 bits per heavy atom. The van der Waals surface area contributed by atoms with E-state index < -0.39 is 10.0 Å². The van der Waals surface area contributed by atoms with Gasteiger partial charge in [-0.1, -0.05) is 0 Å². The fourth-order valence-corrected chi connectivity index (χ4v) is 2.20. The topological polar surface area (TPSA) is 70.2 Å². The molecular formula is C9H21N3O2S. The van der Waals surface area contributed by atoms with E-state index in [1.165, 1.54) is 19.1 Å². The summed E-state index contributed by atoms with van der Waals surface area (Å²) in [5.74, 6) is 0.692. The van der Waals surface area contributed by atoms with Crippen molar-refractivity contribution in [3.8, 4) is 0 Å². The summed E-state index contributed by atoms with van der Waals surface area (Å²) in [6.07, 6.45) is 3.69. The highest BCUT2D eigenvalue weighted by Gasteiger charge is 2.11. The third-order valence-corrected chi connectivity index (χ3v) is 3.23. The van der Waals surface area contributed by atoms with Crippen LogP contribution >= 0.6 is 0 Å². The van der Waals surface area contributed by atoms with Gasteiger partial charge in [-0.05, 0) is 38.4 Å². The highest BCUT2D eigenvalue weighted by atomic mass is 32.2. The minimum absolute atomic E-state index is 0.471. The smallest absolute Gasteiger partial charge is 0.208 e. The highest BCUT2D eigenvalue weighted by Crippen LogP contribution is 2.07. The van der Waals surface area contributed by atoms with Gasteiger partial charge in [0.2, 0.25) is 10.0 Å². The lowest BCUT2D eigenvalue weighted by Crippen LogP contribution is -2.38. The minimum atomic E-state index is -3.03. The zero-order valence-electron chi connectivity index (χ0n) is 9.25. The van der Waals surface area contributed by atoms with Crippen LogP contribution < -0.4 is 15.4 Å². The molecule has 6 heteroatoms. The molecule has 1 rings (SSSR count). The molecular weight excluding hydrogens is 214 g/mol. The van der Waals surface area contributed by atoms with E-state index in [0.717, 1.165) is 19.6 Å². The van der Waals surface area contributed by atoms with E-state index in [9.17, 15) is 8.42 Å². The molecule has 1 unspecified atom stereocenters. The number of hydrogen-bond donors (Lipinski definition) is 3. The maximum Gasteiger partial charge on any atom is 0.208 e. The van der Waals surface area contributed by atoms with E-state index in [2.05, 4.69) is 15.4 Å². The Balaban J connectivity index is 1.96. The monoisotopic (exact) mass is 235 g/mol. The Labute approximate surface area is 92.1 Å². The summed E-state index contributed by atoms with van der Waals surface area (Å²) in [5.41, 5.74) is 0. The van der Waals surface area contributed by atoms with Crippen LogP contribution in [0.5, 0.6) is 0 Å². The standard InChI is InChI=1S/C9H21N3O2S/c1-15(13,14)12-6-5-11-8-9-3-2-4-10-7-9/h9-12H,2-8H2,1H3. The number of piperidine rings is 1. The third-order valence-electron chi connectivity index (χ3n) is 2.50. The zero-order chi connectivity index (χ0) is 11.1. The van der Waals surface area contributed by atoms with Crippen LogP contribution in [0.1, 0.15) is 12.8 Å². The predicted molar refractivity (Wildman–Crippen MR) is 61.3 cm³/mol. The third kappa shape index (κ3) is 6.83. The molecule has 0 saturated carbocycles. The number of sulfonamides is 1. The van der Waals surface area contributed by atoms with E-state index >= 15 is 0 Å². The van der Waals surface area contributed by atoms with Gasteiger partial charge in [0.05, 0.1) is 6.26 Å². The van der Waals surface area contributed by atoms with E-state index in [1.807, 2.05) is 0 Å². The van der Waals surface area contributed by atoms with Gasteiger partial charge in [-0.25, -0.2) is 13.1 Å². The van der Waals surface area contributed by atoms with Gasteiger partial charge in [-0.3, -0.25) is 0 Å². The van der Waals surface area contributed by atoms with Gasteiger partial charge in [0.1, 0.15) is 0 Å². The van der Waals surface area contributed by atoms with Crippen molar-refractivity contribution in [2.45, 2.75) is 12.8 Å². The quantitative estimate of drug-likeness (QED) is 0.523. The lowest BCUT2D eigenvalue weighted by Gasteiger charge is -2.22. The lowest BCUT2D eigenvalue weighted by atomic mass is 10.00. The van der Waals surface area contributed by atoms with Crippen LogP contribution in [0.2, 0.25) is 0 Å². The van der Waals surface area contributed by atoms with Gasteiger partial charge in [0.15, 0.2) is 0 Å². The first-order chi connectivity index (χ1) is 7.08. The van der Waals surface area contributed by atoms with Gasteiger partial charge in [-0.15, -0.1) is 0 Å². The van der Waals surface area contributed by atoms with Crippen molar-refractivity contribution < 1.29 is 8.42 Å². The van der Waals surface area contributed by atoms with Crippen molar-refractivity contribution in [1.82, 2.24) is 15.4 Å². The molecule has 0 aromatic heterocycles. The van der Waals surface area contributed by atoms with Gasteiger partial charge in [0, 0.05) is 13.1 Å². The molecule has 15 heavy (non-hydrogen) atoms. The normalized spacial score (nSPS) is 22.9. The van der Waals surface area contributed by atoms with E-state index in [1.54, 1.807) is 0 Å². The van der Waals surface area contributed by atoms with E-state index in [0.29, 0.717) is 19.0 Å². The molecule has 90 valence electrons. The van der Waals surface area contributed by atoms with Crippen molar-refractivity contribution in [2.24, 2.45) is 5.92 Å². The average molecular weight is 235 g/mol. The van der Waals surface area contributed by atoms with Crippen LogP contribution in [-0.4, -0.2) is 47.4 Å². The van der Waals surface area contributed by atoms with Crippen molar-refractivity contribution in [2.75, 3.05) is 39.0 Å². The number of rotatable bonds is 6. The Hall–Kier alpha value is -0.170. The van der Waals surface area contributed by atoms with Crippen LogP contribution in [-0.2, 0) is 10.0 Å². The first kappa shape index (κ1) is 12.9. The summed E-state index contributed by atoms with van der Waals surface area (Å²) >= 11 is 0. The maximum absolute atomic E-state index is 10.7. The molecule has 1 saturated heterocycles. The Kier molecular flexibility index (Phi) is 5.52. The molecule has 1 fully saturated rings. The van der Waals surface area contributed by atoms with Crippen molar-refractivity contribution in [1.29, 1.82) is 0 Å². The second-order valence-electron chi connectivity index (χ2n) is 4.08. The van der Waals surface area contributed by atoms with Crippen LogP contribution in [0.4, 0.5) is 0 Å². The number of hydrogen-bond acceptors (Lipinski definition) is 4. The molecule has 0 spiro atoms. The van der Waals surface area contributed by atoms with Gasteiger partial charge in [0.25, 0.3) is 0 Å². The highest BCUT2D eigenvalue weighted by molar-refractivity contribution is 7.88. The van der Waals surface area contributed by atoms with Crippen LogP contribution in [0.15, 0.2) is 0 Å². The molecule has 0 aromatic carbocycles. The molecule has 0 bridgehead atoms. The molecule has 1 aliphatic rings. The van der Waals surface area contributed by atoms with Crippen LogP contribution in [0, 0.1) is 5.92 Å². The fraction of sp³-hybridized carbons (Fsp3) is 1.00. The first-order valence-electron chi connectivity index (χ1n) is 5.44. The second kappa shape index (κ2) is 6.42. The summed E-state index contributed by atoms with van der Waals surface area (Å²) in [6.45, 7) is 4.35. The Morgan fingerprint density at radius 3 is 2.80 bits per heavy atom. The molecule has 5 nitrogen and oxygen atoms in total. The molecule has 1 atom stereocenters. The van der Waals surface area contributed by atoms with Crippen LogP contribution in [0.3, 0.4) is 0 Å². The summed E-state index contributed by atoms with van der Waals surface area (Å²) in [6, 6.07) is 0. The summed E-state index contributed by atoms with van der Waals surface area (Å²) in [4.78, 5) is 0. The molecule has 0 aromatic rings. The SMILES string of the molecule is CS(=O)(=O)NCCNCC1CCCNC1. The number of nitrogens with one attached hydrogen (secondary N) is 3. The van der Waals surface area contributed by atoms with Crippen molar-refractivity contribution in [3.05, 3.63) is 0 Å². The first-order valence-corrected chi connectivity index (χ1v) is 7.33. The zero-order valence-corrected chi connectivity index (χ0v) is 10.1. The molecule has 3 N–H and O–H groups in total. The Morgan fingerprint density at radius 2 is 2.20 bits per heavy atom. The molecule has 1 heterocycles. The molecule has 0 aliphatic carbocycles. The Bertz CT molecular complexity index is 261. The lowest BCUT2D eigenvalue weighted by molar-refractivity contribution is 0.361. The van der Waals surface area contributed by atoms with E-state index in [4.69, 9.17) is 0 Å². The van der Waals surface area contributed by atoms with Gasteiger partial charge < -0.3 is 10.6 Å². The molecule has 1 aliphatic heterocycles. The molecule has 0 amide bonds. The fourth-order valence-electron chi connectivity index (χ4n) is 1.73. The predicted octanol–water partition coefficient (Wildman–Crippen LogP) is -0.875. The van der Waals surface area contributed by atoms with Crippen molar-refractivity contribution >= 4 is 10.0 Å². The van der Waals surface area contributed by atoms with Crippen molar-refractivity contribution in [3.63, 3.8) is 0 Å². The minimum Gasteiger partial charge on any atom is -0.316 e. The summed E-state index contributed by atoms with van der Waals surface area (Å²) < 4.78 is 23.9. The van der Waals surface area contributed by atoms with Gasteiger partial charge >= 0.3 is 0 Å². The largest absolute Gasteiger partial charge is 0.316 e. The summed E-state index contributed by atoms with van der Waals surface area (Å²) in [5, 5.41) is 6.61. The maximum atomic E-state index is 10.7. The van der Waals surface area contributed by atoms with Gasteiger partial charge in [-0.2, -0.15) is 0 Å². The second-order valence-corrected chi connectivity index (χ2v) is 5.92.